The maximum atomic E-state index is 13.8. The van der Waals surface area contributed by atoms with Crippen molar-refractivity contribution in [1.29, 1.82) is 0 Å². The summed E-state index contributed by atoms with van der Waals surface area (Å²) in [6, 6.07) is 11.6. The van der Waals surface area contributed by atoms with Crippen molar-refractivity contribution >= 4 is 39.6 Å². The molecule has 0 amide bonds. The minimum absolute atomic E-state index is 0.236. The van der Waals surface area contributed by atoms with Gasteiger partial charge in [0.2, 0.25) is 5.95 Å². The molecule has 1 aromatic heterocycles. The molecule has 0 aliphatic heterocycles. The van der Waals surface area contributed by atoms with Crippen molar-refractivity contribution in [3.63, 3.8) is 0 Å². The first-order chi connectivity index (χ1) is 10.0. The predicted molar refractivity (Wildman–Crippen MR) is 91.7 cm³/mol. The molecule has 0 fully saturated rings. The summed E-state index contributed by atoms with van der Waals surface area (Å²) in [6.07, 6.45) is 0.838. The van der Waals surface area contributed by atoms with Gasteiger partial charge in [-0.2, -0.15) is 0 Å². The number of nitrogens with zero attached hydrogens (tertiary/aromatic N) is 2. The van der Waals surface area contributed by atoms with Crippen molar-refractivity contribution in [2.24, 2.45) is 0 Å². The van der Waals surface area contributed by atoms with E-state index in [0.29, 0.717) is 16.1 Å². The highest BCUT2D eigenvalue weighted by atomic mass is 127. The Labute approximate surface area is 136 Å². The van der Waals surface area contributed by atoms with Crippen LogP contribution in [-0.4, -0.2) is 9.55 Å². The number of aryl methyl sites for hydroxylation is 3. The fraction of sp³-hybridized carbons (Fsp3) is 0.188. The summed E-state index contributed by atoms with van der Waals surface area (Å²) in [5.74, 6) is 0.193. The largest absolute Gasteiger partial charge is 0.369 e. The number of nitrogen functional groups attached to an aromatic ring is 1. The molecular weight excluding hydrogens is 380 g/mol. The van der Waals surface area contributed by atoms with Crippen LogP contribution in [0.5, 0.6) is 0 Å². The van der Waals surface area contributed by atoms with Crippen molar-refractivity contribution in [2.45, 2.75) is 19.9 Å². The van der Waals surface area contributed by atoms with E-state index in [2.05, 4.69) is 30.1 Å². The number of nitrogens with two attached hydrogens (primary N) is 1. The van der Waals surface area contributed by atoms with Crippen molar-refractivity contribution in [3.05, 3.63) is 56.9 Å². The van der Waals surface area contributed by atoms with Gasteiger partial charge in [0.25, 0.3) is 0 Å². The molecule has 3 nitrogen and oxygen atoms in total. The van der Waals surface area contributed by atoms with Gasteiger partial charge in [0.1, 0.15) is 5.82 Å². The summed E-state index contributed by atoms with van der Waals surface area (Å²) >= 11 is 1.96. The van der Waals surface area contributed by atoms with Crippen molar-refractivity contribution in [3.8, 4) is 0 Å². The number of aromatic nitrogens is 2. The van der Waals surface area contributed by atoms with Crippen LogP contribution in [0, 0.1) is 16.3 Å². The van der Waals surface area contributed by atoms with Crippen molar-refractivity contribution in [1.82, 2.24) is 9.55 Å². The SMILES string of the molecule is Cc1cccc(CCn2c(N)nc3cc(I)c(F)cc32)c1. The lowest BCUT2D eigenvalue weighted by Crippen LogP contribution is -2.06. The summed E-state index contributed by atoms with van der Waals surface area (Å²) in [7, 11) is 0. The Hall–Kier alpha value is -1.63. The summed E-state index contributed by atoms with van der Waals surface area (Å²) in [5, 5.41) is 0. The topological polar surface area (TPSA) is 43.8 Å². The van der Waals surface area contributed by atoms with E-state index < -0.39 is 0 Å². The normalized spacial score (nSPS) is 11.2. The van der Waals surface area contributed by atoms with E-state index in [0.717, 1.165) is 17.5 Å². The van der Waals surface area contributed by atoms with Gasteiger partial charge in [-0.3, -0.25) is 0 Å². The van der Waals surface area contributed by atoms with Gasteiger partial charge in [-0.15, -0.1) is 0 Å². The van der Waals surface area contributed by atoms with Crippen LogP contribution in [0.25, 0.3) is 11.0 Å². The number of rotatable bonds is 3. The maximum absolute atomic E-state index is 13.8. The van der Waals surface area contributed by atoms with E-state index in [1.54, 1.807) is 6.07 Å². The minimum atomic E-state index is -0.236. The summed E-state index contributed by atoms with van der Waals surface area (Å²) in [4.78, 5) is 4.31. The quantitative estimate of drug-likeness (QED) is 0.684. The molecule has 0 atom stereocenters. The molecule has 108 valence electrons. The molecule has 21 heavy (non-hydrogen) atoms. The zero-order valence-corrected chi connectivity index (χ0v) is 13.8. The number of hydrogen-bond acceptors (Lipinski definition) is 2. The molecule has 5 heteroatoms. The number of hydrogen-bond donors (Lipinski definition) is 1. The van der Waals surface area contributed by atoms with Crippen LogP contribution in [0.3, 0.4) is 0 Å². The van der Waals surface area contributed by atoms with E-state index >= 15 is 0 Å². The van der Waals surface area contributed by atoms with E-state index in [-0.39, 0.29) is 5.82 Å². The van der Waals surface area contributed by atoms with Crippen LogP contribution in [0.15, 0.2) is 36.4 Å². The van der Waals surface area contributed by atoms with Crippen LogP contribution < -0.4 is 5.73 Å². The molecule has 0 saturated heterocycles. The van der Waals surface area contributed by atoms with Crippen LogP contribution in [0.1, 0.15) is 11.1 Å². The first-order valence-electron chi connectivity index (χ1n) is 6.71. The molecule has 0 unspecified atom stereocenters. The molecule has 3 rings (SSSR count). The molecule has 0 spiro atoms. The molecule has 2 N–H and O–H groups in total. The lowest BCUT2D eigenvalue weighted by atomic mass is 10.1. The van der Waals surface area contributed by atoms with Crippen LogP contribution in [0.2, 0.25) is 0 Å². The molecule has 0 saturated carbocycles. The Morgan fingerprint density at radius 3 is 2.86 bits per heavy atom. The number of halogens is 2. The Morgan fingerprint density at radius 2 is 2.10 bits per heavy atom. The average molecular weight is 395 g/mol. The lowest BCUT2D eigenvalue weighted by molar-refractivity contribution is 0.620. The van der Waals surface area contributed by atoms with E-state index in [1.165, 1.54) is 17.2 Å². The summed E-state index contributed by atoms with van der Waals surface area (Å²) in [6.45, 7) is 2.76. The first kappa shape index (κ1) is 14.3. The number of fused-ring (bicyclic) bond motifs is 1. The summed E-state index contributed by atoms with van der Waals surface area (Å²) in [5.41, 5.74) is 9.93. The Morgan fingerprint density at radius 1 is 1.29 bits per heavy atom. The molecule has 0 aliphatic carbocycles. The van der Waals surface area contributed by atoms with E-state index in [1.807, 2.05) is 33.2 Å². The Balaban J connectivity index is 1.93. The Kier molecular flexibility index (Phi) is 3.84. The van der Waals surface area contributed by atoms with Crippen molar-refractivity contribution in [2.75, 3.05) is 5.73 Å². The van der Waals surface area contributed by atoms with Gasteiger partial charge in [0.15, 0.2) is 0 Å². The second-order valence-corrected chi connectivity index (χ2v) is 6.28. The van der Waals surface area contributed by atoms with E-state index in [4.69, 9.17) is 5.73 Å². The van der Waals surface area contributed by atoms with Crippen LogP contribution in [0.4, 0.5) is 10.3 Å². The van der Waals surface area contributed by atoms with Gasteiger partial charge in [0, 0.05) is 12.6 Å². The van der Waals surface area contributed by atoms with Gasteiger partial charge in [-0.25, -0.2) is 9.37 Å². The Bertz CT molecular complexity index is 811. The molecule has 0 aliphatic rings. The number of imidazole rings is 1. The van der Waals surface area contributed by atoms with Crippen LogP contribution in [-0.2, 0) is 13.0 Å². The van der Waals surface area contributed by atoms with E-state index in [9.17, 15) is 4.39 Å². The first-order valence-corrected chi connectivity index (χ1v) is 7.79. The van der Waals surface area contributed by atoms with Gasteiger partial charge >= 0.3 is 0 Å². The van der Waals surface area contributed by atoms with Crippen LogP contribution >= 0.6 is 22.6 Å². The zero-order chi connectivity index (χ0) is 15.0. The number of anilines is 1. The fourth-order valence-electron chi connectivity index (χ4n) is 2.48. The molecule has 2 aromatic carbocycles. The highest BCUT2D eigenvalue weighted by Gasteiger charge is 2.11. The average Bonchev–Trinajstić information content (AvgIpc) is 2.72. The standard InChI is InChI=1S/C16H15FIN3/c1-10-3-2-4-11(7-10)5-6-21-15-8-12(17)13(18)9-14(15)20-16(21)19/h2-4,7-9H,5-6H2,1H3,(H2,19,20). The fourth-order valence-corrected chi connectivity index (χ4v) is 2.93. The molecule has 0 bridgehead atoms. The van der Waals surface area contributed by atoms with Gasteiger partial charge in [-0.1, -0.05) is 29.8 Å². The second kappa shape index (κ2) is 5.63. The lowest BCUT2D eigenvalue weighted by Gasteiger charge is -2.07. The summed E-state index contributed by atoms with van der Waals surface area (Å²) < 4.78 is 16.2. The minimum Gasteiger partial charge on any atom is -0.369 e. The molecular formula is C16H15FIN3. The number of benzene rings is 2. The third kappa shape index (κ3) is 2.88. The maximum Gasteiger partial charge on any atom is 0.201 e. The second-order valence-electron chi connectivity index (χ2n) is 5.12. The van der Waals surface area contributed by atoms with Gasteiger partial charge < -0.3 is 10.3 Å². The highest BCUT2D eigenvalue weighted by Crippen LogP contribution is 2.23. The van der Waals surface area contributed by atoms with Gasteiger partial charge in [0.05, 0.1) is 14.6 Å². The third-order valence-corrected chi connectivity index (χ3v) is 4.35. The smallest absolute Gasteiger partial charge is 0.201 e. The molecule has 3 aromatic rings. The highest BCUT2D eigenvalue weighted by molar-refractivity contribution is 14.1. The predicted octanol–water partition coefficient (Wildman–Crippen LogP) is 3.91. The van der Waals surface area contributed by atoms with Crippen molar-refractivity contribution < 1.29 is 4.39 Å². The van der Waals surface area contributed by atoms with Gasteiger partial charge in [-0.05, 0) is 47.6 Å². The molecule has 0 radical (unpaired) electrons. The zero-order valence-electron chi connectivity index (χ0n) is 11.6. The monoisotopic (exact) mass is 395 g/mol. The molecule has 1 heterocycles. The third-order valence-electron chi connectivity index (χ3n) is 3.53.